The topological polar surface area (TPSA) is 75.6 Å². The van der Waals surface area contributed by atoms with Crippen LogP contribution in [0.3, 0.4) is 0 Å². The van der Waals surface area contributed by atoms with Crippen molar-refractivity contribution < 1.29 is 19.4 Å². The minimum absolute atomic E-state index is 0.104. The molecule has 5 nitrogen and oxygen atoms in total. The van der Waals surface area contributed by atoms with Crippen LogP contribution in [0.5, 0.6) is 5.75 Å². The summed E-state index contributed by atoms with van der Waals surface area (Å²) in [5.41, 5.74) is 0.815. The van der Waals surface area contributed by atoms with E-state index in [1.807, 2.05) is 13.8 Å². The number of hydrogen-bond donors (Lipinski definition) is 2. The zero-order valence-electron chi connectivity index (χ0n) is 9.77. The monoisotopic (exact) mass is 237 g/mol. The lowest BCUT2D eigenvalue weighted by Gasteiger charge is -2.10. The van der Waals surface area contributed by atoms with E-state index in [9.17, 15) is 9.59 Å². The minimum atomic E-state index is -1.48. The van der Waals surface area contributed by atoms with Gasteiger partial charge in [-0.25, -0.2) is 4.79 Å². The maximum atomic E-state index is 10.8. The van der Waals surface area contributed by atoms with Crippen molar-refractivity contribution in [1.29, 1.82) is 0 Å². The number of ether oxygens (including phenoxy) is 1. The maximum Gasteiger partial charge on any atom is 0.394 e. The highest BCUT2D eigenvalue weighted by atomic mass is 16.5. The molecule has 0 aromatic heterocycles. The molecule has 1 rings (SSSR count). The summed E-state index contributed by atoms with van der Waals surface area (Å²) in [5.74, 6) is -1.74. The lowest BCUT2D eigenvalue weighted by Crippen LogP contribution is -2.29. The molecule has 0 radical (unpaired) electrons. The third-order valence-electron chi connectivity index (χ3n) is 1.94. The van der Waals surface area contributed by atoms with Crippen LogP contribution in [0.4, 0.5) is 0 Å². The molecule has 0 unspecified atom stereocenters. The number of hydrogen-bond acceptors (Lipinski definition) is 3. The van der Waals surface area contributed by atoms with E-state index in [1.165, 1.54) is 0 Å². The molecule has 0 aliphatic carbocycles. The van der Waals surface area contributed by atoms with Gasteiger partial charge in [0, 0.05) is 6.54 Å². The second-order valence-corrected chi connectivity index (χ2v) is 3.80. The van der Waals surface area contributed by atoms with Crippen LogP contribution in [0.2, 0.25) is 0 Å². The largest absolute Gasteiger partial charge is 0.491 e. The first-order valence-corrected chi connectivity index (χ1v) is 5.25. The Balaban J connectivity index is 2.51. The van der Waals surface area contributed by atoms with E-state index in [2.05, 4.69) is 5.32 Å². The van der Waals surface area contributed by atoms with Crippen LogP contribution < -0.4 is 10.1 Å². The molecule has 0 aliphatic rings. The van der Waals surface area contributed by atoms with Crippen LogP contribution in [0.1, 0.15) is 19.4 Å². The Morgan fingerprint density at radius 1 is 1.29 bits per heavy atom. The summed E-state index contributed by atoms with van der Waals surface area (Å²) in [4.78, 5) is 21.1. The van der Waals surface area contributed by atoms with Gasteiger partial charge in [-0.3, -0.25) is 4.79 Å². The van der Waals surface area contributed by atoms with E-state index in [4.69, 9.17) is 9.84 Å². The zero-order chi connectivity index (χ0) is 12.8. The van der Waals surface area contributed by atoms with Crippen molar-refractivity contribution in [2.24, 2.45) is 0 Å². The van der Waals surface area contributed by atoms with E-state index in [0.717, 1.165) is 11.3 Å². The molecule has 0 saturated carbocycles. The minimum Gasteiger partial charge on any atom is -0.491 e. The van der Waals surface area contributed by atoms with Crippen molar-refractivity contribution in [3.8, 4) is 5.75 Å². The molecule has 0 fully saturated rings. The van der Waals surface area contributed by atoms with E-state index < -0.39 is 11.9 Å². The van der Waals surface area contributed by atoms with Crippen molar-refractivity contribution in [3.05, 3.63) is 29.8 Å². The van der Waals surface area contributed by atoms with Crippen LogP contribution in [0.15, 0.2) is 24.3 Å². The standard InChI is InChI=1S/C12H15NO4/c1-8(2)17-10-5-3-9(4-6-10)7-13-11(14)12(15)16/h3-6,8H,7H2,1-2H3,(H,13,14)(H,15,16). The quantitative estimate of drug-likeness (QED) is 0.771. The molecule has 0 spiro atoms. The molecule has 1 amide bonds. The number of aliphatic carboxylic acids is 1. The predicted octanol–water partition coefficient (Wildman–Crippen LogP) is 1.17. The summed E-state index contributed by atoms with van der Waals surface area (Å²) in [7, 11) is 0. The van der Waals surface area contributed by atoms with Gasteiger partial charge < -0.3 is 15.2 Å². The number of carboxylic acids is 1. The van der Waals surface area contributed by atoms with E-state index >= 15 is 0 Å². The molecule has 1 aromatic carbocycles. The second-order valence-electron chi connectivity index (χ2n) is 3.80. The van der Waals surface area contributed by atoms with Gasteiger partial charge in [-0.2, -0.15) is 0 Å². The van der Waals surface area contributed by atoms with E-state index in [1.54, 1.807) is 24.3 Å². The van der Waals surface area contributed by atoms with Gasteiger partial charge in [0.1, 0.15) is 5.75 Å². The van der Waals surface area contributed by atoms with Crippen molar-refractivity contribution in [1.82, 2.24) is 5.32 Å². The number of carbonyl (C=O) groups excluding carboxylic acids is 1. The maximum absolute atomic E-state index is 10.8. The smallest absolute Gasteiger partial charge is 0.394 e. The summed E-state index contributed by atoms with van der Waals surface area (Å²) >= 11 is 0. The number of carboxylic acid groups (broad SMARTS) is 1. The molecule has 0 bridgehead atoms. The molecular formula is C12H15NO4. The van der Waals surface area contributed by atoms with Gasteiger partial charge in [-0.05, 0) is 31.5 Å². The first-order valence-electron chi connectivity index (χ1n) is 5.25. The zero-order valence-corrected chi connectivity index (χ0v) is 9.77. The first-order chi connectivity index (χ1) is 7.99. The molecule has 0 saturated heterocycles. The predicted molar refractivity (Wildman–Crippen MR) is 61.7 cm³/mol. The van der Waals surface area contributed by atoms with Gasteiger partial charge in [0.25, 0.3) is 0 Å². The highest BCUT2D eigenvalue weighted by molar-refractivity contribution is 6.31. The highest BCUT2D eigenvalue weighted by Gasteiger charge is 2.09. The Morgan fingerprint density at radius 2 is 1.88 bits per heavy atom. The fraction of sp³-hybridized carbons (Fsp3) is 0.333. The average molecular weight is 237 g/mol. The number of rotatable bonds is 4. The lowest BCUT2D eigenvalue weighted by molar-refractivity contribution is -0.150. The average Bonchev–Trinajstić information content (AvgIpc) is 2.26. The van der Waals surface area contributed by atoms with Crippen molar-refractivity contribution in [3.63, 3.8) is 0 Å². The molecule has 92 valence electrons. The van der Waals surface area contributed by atoms with Gasteiger partial charge in [0.2, 0.25) is 0 Å². The van der Waals surface area contributed by atoms with Gasteiger partial charge in [0.15, 0.2) is 0 Å². The number of carbonyl (C=O) groups is 2. The van der Waals surface area contributed by atoms with Gasteiger partial charge in [-0.15, -0.1) is 0 Å². The van der Waals surface area contributed by atoms with E-state index in [0.29, 0.717) is 0 Å². The Kier molecular flexibility index (Phi) is 4.51. The van der Waals surface area contributed by atoms with Crippen molar-refractivity contribution in [2.75, 3.05) is 0 Å². The Labute approximate surface area is 99.4 Å². The van der Waals surface area contributed by atoms with Crippen molar-refractivity contribution in [2.45, 2.75) is 26.5 Å². The fourth-order valence-electron chi connectivity index (χ4n) is 1.22. The van der Waals surface area contributed by atoms with Gasteiger partial charge >= 0.3 is 11.9 Å². The number of amides is 1. The fourth-order valence-corrected chi connectivity index (χ4v) is 1.22. The Bertz CT molecular complexity index is 397. The van der Waals surface area contributed by atoms with Crippen LogP contribution in [-0.2, 0) is 16.1 Å². The lowest BCUT2D eigenvalue weighted by atomic mass is 10.2. The summed E-state index contributed by atoms with van der Waals surface area (Å²) in [5, 5.41) is 10.7. The Morgan fingerprint density at radius 3 is 2.35 bits per heavy atom. The molecule has 17 heavy (non-hydrogen) atoms. The van der Waals surface area contributed by atoms with Gasteiger partial charge in [-0.1, -0.05) is 12.1 Å². The van der Waals surface area contributed by atoms with Crippen molar-refractivity contribution >= 4 is 11.9 Å². The third kappa shape index (κ3) is 4.55. The summed E-state index contributed by atoms with van der Waals surface area (Å²) in [6.07, 6.45) is 0.104. The molecule has 0 atom stereocenters. The second kappa shape index (κ2) is 5.89. The SMILES string of the molecule is CC(C)Oc1ccc(CNC(=O)C(=O)O)cc1. The molecule has 1 aromatic rings. The molecule has 2 N–H and O–H groups in total. The summed E-state index contributed by atoms with van der Waals surface area (Å²) < 4.78 is 5.45. The molecule has 0 heterocycles. The van der Waals surface area contributed by atoms with E-state index in [-0.39, 0.29) is 12.6 Å². The Hall–Kier alpha value is -2.04. The normalized spacial score (nSPS) is 10.1. The summed E-state index contributed by atoms with van der Waals surface area (Å²) in [6.45, 7) is 4.05. The number of nitrogens with one attached hydrogen (secondary N) is 1. The summed E-state index contributed by atoms with van der Waals surface area (Å²) in [6, 6.07) is 7.12. The molecule has 0 aliphatic heterocycles. The first kappa shape index (κ1) is 13.0. The third-order valence-corrected chi connectivity index (χ3v) is 1.94. The molecule has 5 heteroatoms. The van der Waals surface area contributed by atoms with Crippen LogP contribution in [0, 0.1) is 0 Å². The molecular weight excluding hydrogens is 222 g/mol. The number of benzene rings is 1. The van der Waals surface area contributed by atoms with Crippen LogP contribution >= 0.6 is 0 Å². The van der Waals surface area contributed by atoms with Gasteiger partial charge in [0.05, 0.1) is 6.10 Å². The van der Waals surface area contributed by atoms with Crippen LogP contribution in [-0.4, -0.2) is 23.1 Å². The van der Waals surface area contributed by atoms with Crippen LogP contribution in [0.25, 0.3) is 0 Å². The highest BCUT2D eigenvalue weighted by Crippen LogP contribution is 2.13.